The predicted octanol–water partition coefficient (Wildman–Crippen LogP) is 3.30. The van der Waals surface area contributed by atoms with E-state index >= 15 is 0 Å². The molecule has 0 bridgehead atoms. The van der Waals surface area contributed by atoms with Gasteiger partial charge in [-0.15, -0.1) is 0 Å². The Bertz CT molecular complexity index is 306. The van der Waals surface area contributed by atoms with Gasteiger partial charge in [0.25, 0.3) is 0 Å². The van der Waals surface area contributed by atoms with Crippen molar-refractivity contribution in [2.45, 2.75) is 64.8 Å². The normalized spacial score (nSPS) is 12.8. The lowest BCUT2D eigenvalue weighted by atomic mass is 10.0. The lowest BCUT2D eigenvalue weighted by Gasteiger charge is -2.17. The van der Waals surface area contributed by atoms with Crippen molar-refractivity contribution in [1.82, 2.24) is 15.1 Å². The molecule has 0 fully saturated rings. The molecule has 0 aliphatic rings. The molecule has 3 heteroatoms. The van der Waals surface area contributed by atoms with Crippen LogP contribution in [0.4, 0.5) is 0 Å². The molecule has 3 nitrogen and oxygen atoms in total. The Balaban J connectivity index is 2.24. The zero-order valence-electron chi connectivity index (χ0n) is 12.3. The Morgan fingerprint density at radius 3 is 2.67 bits per heavy atom. The quantitative estimate of drug-likeness (QED) is 0.647. The van der Waals surface area contributed by atoms with Crippen LogP contribution in [0.3, 0.4) is 0 Å². The summed E-state index contributed by atoms with van der Waals surface area (Å²) in [4.78, 5) is 0. The van der Waals surface area contributed by atoms with Crippen LogP contribution in [-0.4, -0.2) is 22.4 Å². The second-order valence-corrected chi connectivity index (χ2v) is 5.16. The van der Waals surface area contributed by atoms with E-state index in [1.165, 1.54) is 44.1 Å². The van der Waals surface area contributed by atoms with Crippen LogP contribution in [0.5, 0.6) is 0 Å². The summed E-state index contributed by atoms with van der Waals surface area (Å²) in [5.74, 6) is 0. The molecule has 0 saturated heterocycles. The summed E-state index contributed by atoms with van der Waals surface area (Å²) >= 11 is 0. The second kappa shape index (κ2) is 9.15. The zero-order chi connectivity index (χ0) is 13.2. The summed E-state index contributed by atoms with van der Waals surface area (Å²) in [6.45, 7) is 5.54. The van der Waals surface area contributed by atoms with E-state index < -0.39 is 0 Å². The first-order valence-electron chi connectivity index (χ1n) is 7.47. The average molecular weight is 251 g/mol. The first-order valence-corrected chi connectivity index (χ1v) is 7.47. The van der Waals surface area contributed by atoms with Gasteiger partial charge in [0.1, 0.15) is 0 Å². The Hall–Kier alpha value is -0.830. The van der Waals surface area contributed by atoms with Gasteiger partial charge in [-0.3, -0.25) is 4.68 Å². The molecule has 1 unspecified atom stereocenters. The fourth-order valence-corrected chi connectivity index (χ4v) is 2.40. The van der Waals surface area contributed by atoms with E-state index in [2.05, 4.69) is 30.5 Å². The highest BCUT2D eigenvalue weighted by atomic mass is 15.2. The molecule has 0 radical (unpaired) electrons. The average Bonchev–Trinajstić information content (AvgIpc) is 2.77. The van der Waals surface area contributed by atoms with E-state index in [1.807, 2.05) is 17.9 Å². The molecular weight excluding hydrogens is 222 g/mol. The van der Waals surface area contributed by atoms with E-state index in [-0.39, 0.29) is 0 Å². The number of nitrogens with zero attached hydrogens (tertiary/aromatic N) is 2. The van der Waals surface area contributed by atoms with Gasteiger partial charge in [-0.05, 0) is 31.4 Å². The van der Waals surface area contributed by atoms with Crippen molar-refractivity contribution < 1.29 is 0 Å². The predicted molar refractivity (Wildman–Crippen MR) is 77.8 cm³/mol. The van der Waals surface area contributed by atoms with E-state index in [0.717, 1.165) is 13.0 Å². The Labute approximate surface area is 112 Å². The standard InChI is InChI=1S/C15H29N3/c1-4-6-7-8-9-15(16-5-2)11-10-14-12-17-18(3)13-14/h12-13,15-16H,4-11H2,1-3H3. The highest BCUT2D eigenvalue weighted by molar-refractivity contribution is 5.03. The summed E-state index contributed by atoms with van der Waals surface area (Å²) in [5.41, 5.74) is 1.36. The molecule has 1 atom stereocenters. The maximum absolute atomic E-state index is 4.22. The summed E-state index contributed by atoms with van der Waals surface area (Å²) in [5, 5.41) is 7.83. The Morgan fingerprint density at radius 2 is 2.06 bits per heavy atom. The molecule has 0 saturated carbocycles. The lowest BCUT2D eigenvalue weighted by molar-refractivity contribution is 0.441. The first kappa shape index (κ1) is 15.2. The topological polar surface area (TPSA) is 29.9 Å². The van der Waals surface area contributed by atoms with Crippen molar-refractivity contribution in [3.05, 3.63) is 18.0 Å². The molecule has 1 rings (SSSR count). The molecule has 1 N–H and O–H groups in total. The zero-order valence-corrected chi connectivity index (χ0v) is 12.3. The van der Waals surface area contributed by atoms with Gasteiger partial charge in [-0.1, -0.05) is 39.5 Å². The fourth-order valence-electron chi connectivity index (χ4n) is 2.40. The third-order valence-electron chi connectivity index (χ3n) is 3.44. The number of unbranched alkanes of at least 4 members (excludes halogenated alkanes) is 3. The smallest absolute Gasteiger partial charge is 0.0521 e. The van der Waals surface area contributed by atoms with Crippen LogP contribution in [0.1, 0.15) is 57.9 Å². The fraction of sp³-hybridized carbons (Fsp3) is 0.800. The summed E-state index contributed by atoms with van der Waals surface area (Å²) in [7, 11) is 1.98. The van der Waals surface area contributed by atoms with Gasteiger partial charge in [0.2, 0.25) is 0 Å². The third kappa shape index (κ3) is 6.20. The number of hydrogen-bond donors (Lipinski definition) is 1. The number of hydrogen-bond acceptors (Lipinski definition) is 2. The molecule has 0 amide bonds. The number of nitrogens with one attached hydrogen (secondary N) is 1. The molecule has 0 spiro atoms. The van der Waals surface area contributed by atoms with Gasteiger partial charge in [-0.2, -0.15) is 5.10 Å². The van der Waals surface area contributed by atoms with Crippen molar-refractivity contribution >= 4 is 0 Å². The maximum Gasteiger partial charge on any atom is 0.0521 e. The van der Waals surface area contributed by atoms with Crippen LogP contribution in [0.15, 0.2) is 12.4 Å². The highest BCUT2D eigenvalue weighted by Crippen LogP contribution is 2.11. The van der Waals surface area contributed by atoms with Gasteiger partial charge >= 0.3 is 0 Å². The summed E-state index contributed by atoms with van der Waals surface area (Å²) in [6, 6.07) is 0.673. The van der Waals surface area contributed by atoms with E-state index in [4.69, 9.17) is 0 Å². The number of aromatic nitrogens is 2. The van der Waals surface area contributed by atoms with Crippen LogP contribution >= 0.6 is 0 Å². The minimum absolute atomic E-state index is 0.673. The molecule has 1 aromatic heterocycles. The van der Waals surface area contributed by atoms with E-state index in [0.29, 0.717) is 6.04 Å². The van der Waals surface area contributed by atoms with Crippen LogP contribution < -0.4 is 5.32 Å². The first-order chi connectivity index (χ1) is 8.76. The molecule has 0 aliphatic heterocycles. The van der Waals surface area contributed by atoms with Crippen molar-refractivity contribution in [3.63, 3.8) is 0 Å². The molecule has 1 aromatic rings. The molecular formula is C15H29N3. The highest BCUT2D eigenvalue weighted by Gasteiger charge is 2.07. The molecule has 104 valence electrons. The van der Waals surface area contributed by atoms with E-state index in [1.54, 1.807) is 0 Å². The van der Waals surface area contributed by atoms with Gasteiger partial charge in [0.05, 0.1) is 6.20 Å². The Morgan fingerprint density at radius 1 is 1.22 bits per heavy atom. The van der Waals surface area contributed by atoms with Gasteiger partial charge in [-0.25, -0.2) is 0 Å². The monoisotopic (exact) mass is 251 g/mol. The van der Waals surface area contributed by atoms with Crippen molar-refractivity contribution in [3.8, 4) is 0 Å². The largest absolute Gasteiger partial charge is 0.314 e. The van der Waals surface area contributed by atoms with Crippen molar-refractivity contribution in [1.29, 1.82) is 0 Å². The lowest BCUT2D eigenvalue weighted by Crippen LogP contribution is -2.29. The SMILES string of the molecule is CCCCCCC(CCc1cnn(C)c1)NCC. The van der Waals surface area contributed by atoms with Crippen LogP contribution in [-0.2, 0) is 13.5 Å². The maximum atomic E-state index is 4.22. The third-order valence-corrected chi connectivity index (χ3v) is 3.44. The van der Waals surface area contributed by atoms with Gasteiger partial charge in [0, 0.05) is 19.3 Å². The van der Waals surface area contributed by atoms with E-state index in [9.17, 15) is 0 Å². The molecule has 18 heavy (non-hydrogen) atoms. The van der Waals surface area contributed by atoms with Crippen molar-refractivity contribution in [2.24, 2.45) is 7.05 Å². The van der Waals surface area contributed by atoms with Gasteiger partial charge < -0.3 is 5.32 Å². The molecule has 0 aromatic carbocycles. The Kier molecular flexibility index (Phi) is 7.74. The molecule has 0 aliphatic carbocycles. The number of aryl methyl sites for hydroxylation is 2. The number of rotatable bonds is 10. The minimum Gasteiger partial charge on any atom is -0.314 e. The van der Waals surface area contributed by atoms with Crippen LogP contribution in [0.25, 0.3) is 0 Å². The second-order valence-electron chi connectivity index (χ2n) is 5.16. The summed E-state index contributed by atoms with van der Waals surface area (Å²) in [6.07, 6.45) is 13.2. The molecule has 1 heterocycles. The van der Waals surface area contributed by atoms with Crippen molar-refractivity contribution in [2.75, 3.05) is 6.54 Å². The minimum atomic E-state index is 0.673. The summed E-state index contributed by atoms with van der Waals surface area (Å²) < 4.78 is 1.89. The van der Waals surface area contributed by atoms with Crippen LogP contribution in [0, 0.1) is 0 Å². The van der Waals surface area contributed by atoms with Crippen LogP contribution in [0.2, 0.25) is 0 Å². The van der Waals surface area contributed by atoms with Gasteiger partial charge in [0.15, 0.2) is 0 Å².